The first-order valence-electron chi connectivity index (χ1n) is 5.33. The lowest BCUT2D eigenvalue weighted by atomic mass is 10.1. The highest BCUT2D eigenvalue weighted by atomic mass is 16.5. The average Bonchev–Trinajstić information content (AvgIpc) is 2.66. The minimum absolute atomic E-state index is 0.334. The number of nitrogen functional groups attached to an aromatic ring is 1. The van der Waals surface area contributed by atoms with Crippen molar-refractivity contribution in [3.05, 3.63) is 6.20 Å². The molecule has 1 aromatic heterocycles. The van der Waals surface area contributed by atoms with Crippen LogP contribution in [0.5, 0.6) is 0 Å². The maximum atomic E-state index is 5.46. The number of anilines is 1. The van der Waals surface area contributed by atoms with Crippen LogP contribution < -0.4 is 15.5 Å². The van der Waals surface area contributed by atoms with Gasteiger partial charge in [-0.25, -0.2) is 0 Å². The van der Waals surface area contributed by atoms with Crippen molar-refractivity contribution in [2.24, 2.45) is 0 Å². The fourth-order valence-electron chi connectivity index (χ4n) is 1.87. The smallest absolute Gasteiger partial charge is 0.296 e. The Balaban J connectivity index is 1.88. The summed E-state index contributed by atoms with van der Waals surface area (Å²) in [6, 6.07) is 0. The maximum Gasteiger partial charge on any atom is 0.296 e. The van der Waals surface area contributed by atoms with E-state index in [0.717, 1.165) is 19.8 Å². The number of rotatable bonds is 3. The molecule has 0 amide bonds. The van der Waals surface area contributed by atoms with Crippen LogP contribution in [-0.4, -0.2) is 37.0 Å². The van der Waals surface area contributed by atoms with Gasteiger partial charge in [0.15, 0.2) is 0 Å². The Labute approximate surface area is 89.2 Å². The molecule has 1 fully saturated rings. The van der Waals surface area contributed by atoms with Crippen molar-refractivity contribution in [1.82, 2.24) is 10.2 Å². The van der Waals surface area contributed by atoms with Crippen LogP contribution in [0.4, 0.5) is 5.88 Å². The third-order valence-corrected chi connectivity index (χ3v) is 2.68. The highest BCUT2D eigenvalue weighted by molar-refractivity contribution is 5.11. The summed E-state index contributed by atoms with van der Waals surface area (Å²) in [6.45, 7) is 3.19. The zero-order chi connectivity index (χ0) is 10.7. The van der Waals surface area contributed by atoms with Gasteiger partial charge >= 0.3 is 0 Å². The molecular weight excluding hydrogens is 194 g/mol. The number of likely N-dealkylation sites (tertiary alicyclic amines) is 1. The Morgan fingerprint density at radius 3 is 2.87 bits per heavy atom. The minimum atomic E-state index is 0.334. The van der Waals surface area contributed by atoms with E-state index in [1.54, 1.807) is 11.0 Å². The largest absolute Gasteiger partial charge is 0.362 e. The summed E-state index contributed by atoms with van der Waals surface area (Å²) in [7, 11) is 1.97. The van der Waals surface area contributed by atoms with Crippen LogP contribution in [-0.2, 0) is 0 Å². The zero-order valence-electron chi connectivity index (χ0n) is 9.09. The SMILES string of the molecule is CN(CN1CCCCC1)[n+]1cc(N)on1. The fourth-order valence-corrected chi connectivity index (χ4v) is 1.87. The quantitative estimate of drug-likeness (QED) is 0.688. The number of hydrogen-bond donors (Lipinski definition) is 1. The molecule has 1 saturated heterocycles. The predicted octanol–water partition coefficient (Wildman–Crippen LogP) is -0.444. The molecule has 1 aromatic rings. The summed E-state index contributed by atoms with van der Waals surface area (Å²) >= 11 is 0. The molecule has 0 aliphatic carbocycles. The summed E-state index contributed by atoms with van der Waals surface area (Å²) in [5.74, 6) is 0.334. The second kappa shape index (κ2) is 4.48. The van der Waals surface area contributed by atoms with E-state index in [1.807, 2.05) is 12.1 Å². The van der Waals surface area contributed by atoms with E-state index in [-0.39, 0.29) is 0 Å². The van der Waals surface area contributed by atoms with E-state index in [1.165, 1.54) is 19.3 Å². The topological polar surface area (TPSA) is 62.4 Å². The van der Waals surface area contributed by atoms with Crippen molar-refractivity contribution in [1.29, 1.82) is 0 Å². The molecule has 1 aliphatic heterocycles. The van der Waals surface area contributed by atoms with Gasteiger partial charge in [-0.15, -0.1) is 5.01 Å². The molecule has 15 heavy (non-hydrogen) atoms. The van der Waals surface area contributed by atoms with Crippen molar-refractivity contribution in [3.63, 3.8) is 0 Å². The second-order valence-electron chi connectivity index (χ2n) is 4.00. The molecule has 0 atom stereocenters. The van der Waals surface area contributed by atoms with E-state index < -0.39 is 0 Å². The van der Waals surface area contributed by atoms with Gasteiger partial charge in [-0.05, 0) is 12.8 Å². The molecule has 0 bridgehead atoms. The molecule has 6 nitrogen and oxygen atoms in total. The Bertz CT molecular complexity index is 307. The van der Waals surface area contributed by atoms with Crippen LogP contribution in [0.15, 0.2) is 10.7 Å². The lowest BCUT2D eigenvalue weighted by Crippen LogP contribution is -2.60. The summed E-state index contributed by atoms with van der Waals surface area (Å²) in [6.07, 6.45) is 5.60. The number of aromatic nitrogens is 2. The van der Waals surface area contributed by atoms with Crippen LogP contribution in [0, 0.1) is 0 Å². The number of nitrogens with two attached hydrogens (primary N) is 1. The number of nitrogens with zero attached hydrogens (tertiary/aromatic N) is 4. The zero-order valence-corrected chi connectivity index (χ0v) is 9.09. The molecule has 1 aliphatic rings. The highest BCUT2D eigenvalue weighted by Gasteiger charge is 2.19. The summed E-state index contributed by atoms with van der Waals surface area (Å²) in [5, 5.41) is 5.77. The molecule has 2 heterocycles. The molecule has 0 aromatic carbocycles. The van der Waals surface area contributed by atoms with Gasteiger partial charge in [0.1, 0.15) is 6.67 Å². The first-order valence-corrected chi connectivity index (χ1v) is 5.33. The first-order chi connectivity index (χ1) is 7.25. The van der Waals surface area contributed by atoms with Gasteiger partial charge in [0.2, 0.25) is 5.27 Å². The summed E-state index contributed by atoms with van der Waals surface area (Å²) < 4.78 is 4.81. The van der Waals surface area contributed by atoms with Gasteiger partial charge in [0, 0.05) is 13.1 Å². The van der Waals surface area contributed by atoms with E-state index in [9.17, 15) is 0 Å². The van der Waals surface area contributed by atoms with Gasteiger partial charge in [-0.2, -0.15) is 0 Å². The van der Waals surface area contributed by atoms with Crippen LogP contribution in [0.25, 0.3) is 0 Å². The lowest BCUT2D eigenvalue weighted by molar-refractivity contribution is -0.757. The molecule has 84 valence electrons. The lowest BCUT2D eigenvalue weighted by Gasteiger charge is -2.27. The highest BCUT2D eigenvalue weighted by Crippen LogP contribution is 2.07. The van der Waals surface area contributed by atoms with E-state index in [4.69, 9.17) is 10.3 Å². The van der Waals surface area contributed by atoms with E-state index in [0.29, 0.717) is 5.88 Å². The Morgan fingerprint density at radius 2 is 2.27 bits per heavy atom. The Morgan fingerprint density at radius 1 is 1.53 bits per heavy atom. The van der Waals surface area contributed by atoms with Crippen molar-refractivity contribution < 1.29 is 9.31 Å². The maximum absolute atomic E-state index is 5.46. The van der Waals surface area contributed by atoms with Crippen LogP contribution in [0.3, 0.4) is 0 Å². The third kappa shape index (κ3) is 2.59. The van der Waals surface area contributed by atoms with Crippen LogP contribution in [0.1, 0.15) is 19.3 Å². The normalized spacial score (nSPS) is 17.9. The Kier molecular flexibility index (Phi) is 3.05. The van der Waals surface area contributed by atoms with Crippen molar-refractivity contribution in [3.8, 4) is 0 Å². The van der Waals surface area contributed by atoms with Gasteiger partial charge in [-0.1, -0.05) is 6.42 Å². The van der Waals surface area contributed by atoms with Crippen molar-refractivity contribution >= 4 is 5.88 Å². The summed E-state index contributed by atoms with van der Waals surface area (Å²) in [4.78, 5) is 4.03. The minimum Gasteiger partial charge on any atom is -0.362 e. The van der Waals surface area contributed by atoms with Crippen LogP contribution >= 0.6 is 0 Å². The standard InChI is InChI=1S/C9H18N5O/c1-12(14-7-9(10)15-11-14)8-13-5-3-2-4-6-13/h7H,2-6,8,10H2,1H3/q+1. The Hall–Kier alpha value is -1.30. The van der Waals surface area contributed by atoms with Crippen LogP contribution in [0.2, 0.25) is 0 Å². The van der Waals surface area contributed by atoms with Gasteiger partial charge in [-0.3, -0.25) is 9.42 Å². The molecule has 0 saturated carbocycles. The number of piperidine rings is 1. The first kappa shape index (κ1) is 10.2. The number of hydrogen-bond acceptors (Lipinski definition) is 5. The molecule has 0 unspecified atom stereocenters. The molecule has 2 N–H and O–H groups in total. The van der Waals surface area contributed by atoms with E-state index >= 15 is 0 Å². The van der Waals surface area contributed by atoms with Crippen molar-refractivity contribution in [2.45, 2.75) is 19.3 Å². The summed E-state index contributed by atoms with van der Waals surface area (Å²) in [5.41, 5.74) is 5.46. The van der Waals surface area contributed by atoms with Gasteiger partial charge in [0.25, 0.3) is 12.1 Å². The van der Waals surface area contributed by atoms with Gasteiger partial charge < -0.3 is 5.73 Å². The van der Waals surface area contributed by atoms with Gasteiger partial charge in [0.05, 0.1) is 11.8 Å². The third-order valence-electron chi connectivity index (χ3n) is 2.68. The monoisotopic (exact) mass is 212 g/mol. The average molecular weight is 212 g/mol. The molecule has 0 spiro atoms. The predicted molar refractivity (Wildman–Crippen MR) is 55.5 cm³/mol. The molecule has 0 radical (unpaired) electrons. The molecular formula is C9H18N5O+. The second-order valence-corrected chi connectivity index (χ2v) is 4.00. The molecule has 6 heteroatoms. The van der Waals surface area contributed by atoms with E-state index in [2.05, 4.69) is 10.2 Å². The molecule has 2 rings (SSSR count). The van der Waals surface area contributed by atoms with Crippen molar-refractivity contribution in [2.75, 3.05) is 37.5 Å². The fraction of sp³-hybridized carbons (Fsp3) is 0.778.